The zero-order chi connectivity index (χ0) is 17.3. The summed E-state index contributed by atoms with van der Waals surface area (Å²) in [5.74, 6) is -1.46. The molecule has 1 aliphatic rings. The first kappa shape index (κ1) is 15.9. The number of para-hydroxylation sites is 1. The van der Waals surface area contributed by atoms with Crippen LogP contribution in [0.15, 0.2) is 35.1 Å². The van der Waals surface area contributed by atoms with Gasteiger partial charge in [0.25, 0.3) is 5.91 Å². The van der Waals surface area contributed by atoms with Crippen LogP contribution in [0.25, 0.3) is 5.69 Å². The average molecular weight is 330 g/mol. The first-order valence-electron chi connectivity index (χ1n) is 7.39. The Balaban J connectivity index is 2.05. The van der Waals surface area contributed by atoms with Crippen LogP contribution in [0.3, 0.4) is 0 Å². The van der Waals surface area contributed by atoms with Gasteiger partial charge in [-0.3, -0.25) is 14.4 Å². The van der Waals surface area contributed by atoms with Gasteiger partial charge in [-0.25, -0.2) is 9.07 Å². The molecule has 1 aromatic heterocycles. The maximum Gasteiger partial charge on any atom is 0.278 e. The molecule has 0 bridgehead atoms. The topological polar surface area (TPSA) is 84.3 Å². The Morgan fingerprint density at radius 2 is 2.04 bits per heavy atom. The second kappa shape index (κ2) is 6.23. The van der Waals surface area contributed by atoms with Crippen LogP contribution in [-0.2, 0) is 4.79 Å². The fraction of sp³-hybridized carbons (Fsp3) is 0.250. The molecule has 1 saturated heterocycles. The molecule has 0 spiro atoms. The second-order valence-corrected chi connectivity index (χ2v) is 5.44. The lowest BCUT2D eigenvalue weighted by molar-refractivity contribution is -0.123. The van der Waals surface area contributed by atoms with Gasteiger partial charge >= 0.3 is 0 Å². The minimum Gasteiger partial charge on any atom is -0.353 e. The molecular weight excluding hydrogens is 315 g/mol. The van der Waals surface area contributed by atoms with Crippen molar-refractivity contribution in [1.82, 2.24) is 20.0 Å². The van der Waals surface area contributed by atoms with E-state index in [0.717, 1.165) is 0 Å². The molecule has 0 atom stereocenters. The molecule has 2 amide bonds. The highest BCUT2D eigenvalue weighted by molar-refractivity contribution is 5.95. The van der Waals surface area contributed by atoms with E-state index in [9.17, 15) is 18.8 Å². The number of nitrogens with zero attached hydrogens (tertiary/aromatic N) is 3. The van der Waals surface area contributed by atoms with Crippen molar-refractivity contribution in [2.75, 3.05) is 19.6 Å². The van der Waals surface area contributed by atoms with Gasteiger partial charge in [-0.15, -0.1) is 0 Å². The summed E-state index contributed by atoms with van der Waals surface area (Å²) in [6.07, 6.45) is 0. The molecule has 0 radical (unpaired) electrons. The standard InChI is InChI=1S/C16H15FN4O3/c1-10-8-13(22)15(16(24)20-7-6-18-14(23)9-20)19-21(10)12-5-3-2-4-11(12)17/h2-5,8H,6-7,9H2,1H3,(H,18,23). The number of piperazine rings is 1. The van der Waals surface area contributed by atoms with Crippen LogP contribution >= 0.6 is 0 Å². The summed E-state index contributed by atoms with van der Waals surface area (Å²) in [6.45, 7) is 2.08. The molecule has 2 aromatic rings. The molecule has 0 unspecified atom stereocenters. The molecule has 24 heavy (non-hydrogen) atoms. The highest BCUT2D eigenvalue weighted by atomic mass is 19.1. The summed E-state index contributed by atoms with van der Waals surface area (Å²) in [5.41, 5.74) is -0.354. The summed E-state index contributed by atoms with van der Waals surface area (Å²) in [4.78, 5) is 37.4. The van der Waals surface area contributed by atoms with E-state index in [2.05, 4.69) is 10.4 Å². The number of carbonyl (C=O) groups excluding carboxylic acids is 2. The van der Waals surface area contributed by atoms with E-state index in [1.54, 1.807) is 13.0 Å². The number of halogens is 1. The third-order valence-corrected chi connectivity index (χ3v) is 3.72. The van der Waals surface area contributed by atoms with Crippen molar-refractivity contribution in [2.24, 2.45) is 0 Å². The minimum atomic E-state index is -0.639. The number of aryl methyl sites for hydroxylation is 1. The summed E-state index contributed by atoms with van der Waals surface area (Å²) < 4.78 is 15.2. The van der Waals surface area contributed by atoms with Crippen molar-refractivity contribution in [1.29, 1.82) is 0 Å². The van der Waals surface area contributed by atoms with Crippen LogP contribution in [0.5, 0.6) is 0 Å². The molecule has 3 rings (SSSR count). The Bertz CT molecular complexity index is 878. The van der Waals surface area contributed by atoms with Gasteiger partial charge in [-0.2, -0.15) is 5.10 Å². The first-order valence-corrected chi connectivity index (χ1v) is 7.39. The molecule has 7 nitrogen and oxygen atoms in total. The first-order chi connectivity index (χ1) is 11.5. The SMILES string of the molecule is Cc1cc(=O)c(C(=O)N2CCNC(=O)C2)nn1-c1ccccc1F. The summed E-state index contributed by atoms with van der Waals surface area (Å²) in [5, 5.41) is 6.64. The molecule has 2 heterocycles. The van der Waals surface area contributed by atoms with Crippen molar-refractivity contribution in [2.45, 2.75) is 6.92 Å². The number of benzene rings is 1. The quantitative estimate of drug-likeness (QED) is 0.856. The van der Waals surface area contributed by atoms with Gasteiger partial charge in [0.05, 0.1) is 6.54 Å². The lowest BCUT2D eigenvalue weighted by Gasteiger charge is -2.26. The number of rotatable bonds is 2. The third kappa shape index (κ3) is 2.90. The van der Waals surface area contributed by atoms with Gasteiger partial charge in [0.2, 0.25) is 11.3 Å². The summed E-state index contributed by atoms with van der Waals surface area (Å²) in [7, 11) is 0. The molecule has 124 valence electrons. The van der Waals surface area contributed by atoms with Crippen molar-refractivity contribution >= 4 is 11.8 Å². The number of amides is 2. The van der Waals surface area contributed by atoms with Crippen LogP contribution in [0.1, 0.15) is 16.2 Å². The van der Waals surface area contributed by atoms with E-state index < -0.39 is 17.2 Å². The molecule has 1 fully saturated rings. The Hall–Kier alpha value is -3.03. The van der Waals surface area contributed by atoms with E-state index in [1.165, 1.54) is 33.8 Å². The van der Waals surface area contributed by atoms with Crippen molar-refractivity contribution in [3.63, 3.8) is 0 Å². The van der Waals surface area contributed by atoms with Gasteiger partial charge in [0.15, 0.2) is 5.69 Å². The Morgan fingerprint density at radius 3 is 2.75 bits per heavy atom. The average Bonchev–Trinajstić information content (AvgIpc) is 2.55. The third-order valence-electron chi connectivity index (χ3n) is 3.72. The predicted octanol–water partition coefficient (Wildman–Crippen LogP) is 0.252. The highest BCUT2D eigenvalue weighted by Gasteiger charge is 2.26. The Morgan fingerprint density at radius 1 is 1.29 bits per heavy atom. The van der Waals surface area contributed by atoms with Gasteiger partial charge in [0.1, 0.15) is 11.5 Å². The Kier molecular flexibility index (Phi) is 4.11. The summed E-state index contributed by atoms with van der Waals surface area (Å²) >= 11 is 0. The van der Waals surface area contributed by atoms with E-state index in [4.69, 9.17) is 0 Å². The van der Waals surface area contributed by atoms with Crippen LogP contribution in [0.4, 0.5) is 4.39 Å². The van der Waals surface area contributed by atoms with Crippen LogP contribution in [-0.4, -0.2) is 46.1 Å². The molecule has 1 N–H and O–H groups in total. The number of aromatic nitrogens is 2. The van der Waals surface area contributed by atoms with Crippen LogP contribution in [0.2, 0.25) is 0 Å². The maximum atomic E-state index is 14.0. The van der Waals surface area contributed by atoms with Gasteiger partial charge in [0, 0.05) is 24.8 Å². The van der Waals surface area contributed by atoms with E-state index in [0.29, 0.717) is 18.8 Å². The normalized spacial score (nSPS) is 14.4. The molecule has 0 saturated carbocycles. The lowest BCUT2D eigenvalue weighted by atomic mass is 10.2. The maximum absolute atomic E-state index is 14.0. The molecule has 1 aromatic carbocycles. The lowest BCUT2D eigenvalue weighted by Crippen LogP contribution is -2.51. The molecular formula is C16H15FN4O3. The van der Waals surface area contributed by atoms with Gasteiger partial charge < -0.3 is 10.2 Å². The van der Waals surface area contributed by atoms with Gasteiger partial charge in [-0.1, -0.05) is 12.1 Å². The van der Waals surface area contributed by atoms with Crippen LogP contribution in [0, 0.1) is 12.7 Å². The van der Waals surface area contributed by atoms with E-state index in [1.807, 2.05) is 0 Å². The number of hydrogen-bond acceptors (Lipinski definition) is 4. The Labute approximate surface area is 136 Å². The predicted molar refractivity (Wildman–Crippen MR) is 83.4 cm³/mol. The number of carbonyl (C=O) groups is 2. The van der Waals surface area contributed by atoms with Gasteiger partial charge in [-0.05, 0) is 19.1 Å². The zero-order valence-electron chi connectivity index (χ0n) is 13.0. The molecule has 8 heteroatoms. The van der Waals surface area contributed by atoms with Crippen molar-refractivity contribution in [3.8, 4) is 5.69 Å². The monoisotopic (exact) mass is 330 g/mol. The van der Waals surface area contributed by atoms with Crippen molar-refractivity contribution < 1.29 is 14.0 Å². The highest BCUT2D eigenvalue weighted by Crippen LogP contribution is 2.13. The number of hydrogen-bond donors (Lipinski definition) is 1. The van der Waals surface area contributed by atoms with Crippen molar-refractivity contribution in [3.05, 3.63) is 57.8 Å². The van der Waals surface area contributed by atoms with E-state index in [-0.39, 0.29) is 23.8 Å². The minimum absolute atomic E-state index is 0.131. The second-order valence-electron chi connectivity index (χ2n) is 5.44. The summed E-state index contributed by atoms with van der Waals surface area (Å²) in [6, 6.07) is 7.17. The zero-order valence-corrected chi connectivity index (χ0v) is 13.0. The molecule has 1 aliphatic heterocycles. The fourth-order valence-corrected chi connectivity index (χ4v) is 2.52. The van der Waals surface area contributed by atoms with E-state index >= 15 is 0 Å². The fourth-order valence-electron chi connectivity index (χ4n) is 2.52. The van der Waals surface area contributed by atoms with Crippen LogP contribution < -0.4 is 10.7 Å². The molecule has 0 aliphatic carbocycles. The largest absolute Gasteiger partial charge is 0.353 e. The number of nitrogens with one attached hydrogen (secondary N) is 1. The smallest absolute Gasteiger partial charge is 0.278 e.